The van der Waals surface area contributed by atoms with Crippen LogP contribution in [0.1, 0.15) is 39.0 Å². The highest BCUT2D eigenvalue weighted by molar-refractivity contribution is 7.99. The average Bonchev–Trinajstić information content (AvgIpc) is 2.34. The molecule has 2 unspecified atom stereocenters. The second-order valence-corrected chi connectivity index (χ2v) is 6.27. The van der Waals surface area contributed by atoms with Crippen LogP contribution < -0.4 is 5.73 Å². The minimum atomic E-state index is 0.748. The van der Waals surface area contributed by atoms with Crippen molar-refractivity contribution in [2.75, 3.05) is 31.6 Å². The molecule has 96 valence electrons. The van der Waals surface area contributed by atoms with Gasteiger partial charge in [0.1, 0.15) is 0 Å². The number of nitrogens with zero attached hydrogens (tertiary/aromatic N) is 1. The molecule has 3 heteroatoms. The second kappa shape index (κ2) is 8.37. The van der Waals surface area contributed by atoms with Crippen LogP contribution in [0.25, 0.3) is 0 Å². The number of thioether (sulfide) groups is 1. The molecule has 0 aromatic heterocycles. The first-order valence-electron chi connectivity index (χ1n) is 6.77. The first-order chi connectivity index (χ1) is 7.79. The predicted molar refractivity (Wildman–Crippen MR) is 75.0 cm³/mol. The molecule has 0 saturated heterocycles. The van der Waals surface area contributed by atoms with Crippen molar-refractivity contribution in [3.8, 4) is 0 Å². The third kappa shape index (κ3) is 4.64. The minimum absolute atomic E-state index is 0.748. The Labute approximate surface area is 105 Å². The van der Waals surface area contributed by atoms with Crippen LogP contribution >= 0.6 is 11.8 Å². The maximum atomic E-state index is 5.88. The van der Waals surface area contributed by atoms with Gasteiger partial charge in [0.15, 0.2) is 0 Å². The molecule has 0 bridgehead atoms. The molecule has 2 atom stereocenters. The molecule has 1 fully saturated rings. The normalized spacial score (nSPS) is 26.2. The van der Waals surface area contributed by atoms with Crippen LogP contribution in [-0.2, 0) is 0 Å². The number of hydrogen-bond donors (Lipinski definition) is 1. The zero-order chi connectivity index (χ0) is 11.8. The molecular weight excluding hydrogens is 216 g/mol. The molecule has 0 aromatic rings. The molecule has 1 aliphatic rings. The Morgan fingerprint density at radius 2 is 2.06 bits per heavy atom. The molecule has 1 rings (SSSR count). The van der Waals surface area contributed by atoms with Gasteiger partial charge in [0.2, 0.25) is 0 Å². The van der Waals surface area contributed by atoms with Crippen LogP contribution in [0.15, 0.2) is 0 Å². The molecule has 1 saturated carbocycles. The van der Waals surface area contributed by atoms with E-state index in [0.29, 0.717) is 0 Å². The topological polar surface area (TPSA) is 29.3 Å². The lowest BCUT2D eigenvalue weighted by atomic mass is 9.83. The van der Waals surface area contributed by atoms with Crippen molar-refractivity contribution in [3.63, 3.8) is 0 Å². The highest BCUT2D eigenvalue weighted by atomic mass is 32.2. The predicted octanol–water partition coefficient (Wildman–Crippen LogP) is 2.58. The summed E-state index contributed by atoms with van der Waals surface area (Å²) in [4.78, 5) is 2.56. The van der Waals surface area contributed by atoms with Crippen LogP contribution in [0, 0.1) is 5.92 Å². The Morgan fingerprint density at radius 1 is 1.31 bits per heavy atom. The van der Waals surface area contributed by atoms with Crippen molar-refractivity contribution < 1.29 is 0 Å². The Hall–Kier alpha value is 0.270. The van der Waals surface area contributed by atoms with Gasteiger partial charge in [-0.15, -0.1) is 0 Å². The van der Waals surface area contributed by atoms with E-state index in [9.17, 15) is 0 Å². The Bertz CT molecular complexity index is 175. The van der Waals surface area contributed by atoms with Gasteiger partial charge in [0.25, 0.3) is 0 Å². The zero-order valence-corrected chi connectivity index (χ0v) is 11.8. The smallest absolute Gasteiger partial charge is 0.0132 e. The first-order valence-corrected chi connectivity index (χ1v) is 7.93. The summed E-state index contributed by atoms with van der Waals surface area (Å²) < 4.78 is 0. The van der Waals surface area contributed by atoms with Crippen LogP contribution in [-0.4, -0.2) is 42.6 Å². The van der Waals surface area contributed by atoms with Crippen LogP contribution in [0.5, 0.6) is 0 Å². The standard InChI is InChI=1S/C13H28N2S/c1-3-16-10-6-9-15(2)13-8-5-4-7-12(13)11-14/h12-13H,3-11,14H2,1-2H3. The van der Waals surface area contributed by atoms with Gasteiger partial charge in [-0.25, -0.2) is 0 Å². The summed E-state index contributed by atoms with van der Waals surface area (Å²) in [6.45, 7) is 4.35. The maximum Gasteiger partial charge on any atom is 0.0132 e. The van der Waals surface area contributed by atoms with E-state index in [1.165, 1.54) is 50.2 Å². The molecule has 0 aliphatic heterocycles. The van der Waals surface area contributed by atoms with E-state index in [1.54, 1.807) is 0 Å². The first kappa shape index (κ1) is 14.3. The summed E-state index contributed by atoms with van der Waals surface area (Å²) in [7, 11) is 2.29. The highest BCUT2D eigenvalue weighted by Gasteiger charge is 2.26. The van der Waals surface area contributed by atoms with E-state index < -0.39 is 0 Å². The molecule has 16 heavy (non-hydrogen) atoms. The maximum absolute atomic E-state index is 5.88. The van der Waals surface area contributed by atoms with Crippen LogP contribution in [0.2, 0.25) is 0 Å². The molecule has 0 amide bonds. The zero-order valence-electron chi connectivity index (χ0n) is 11.0. The summed E-state index contributed by atoms with van der Waals surface area (Å²) in [5.41, 5.74) is 5.88. The second-order valence-electron chi connectivity index (χ2n) is 4.88. The number of nitrogens with two attached hydrogens (primary N) is 1. The van der Waals surface area contributed by atoms with E-state index in [2.05, 4.69) is 30.6 Å². The van der Waals surface area contributed by atoms with E-state index in [0.717, 1.165) is 18.5 Å². The largest absolute Gasteiger partial charge is 0.330 e. The number of hydrogen-bond acceptors (Lipinski definition) is 3. The summed E-state index contributed by atoms with van der Waals surface area (Å²) in [5.74, 6) is 3.30. The third-order valence-electron chi connectivity index (χ3n) is 3.74. The Kier molecular flexibility index (Phi) is 7.50. The highest BCUT2D eigenvalue weighted by Crippen LogP contribution is 2.27. The van der Waals surface area contributed by atoms with Gasteiger partial charge in [-0.1, -0.05) is 19.8 Å². The SMILES string of the molecule is CCSCCCN(C)C1CCCCC1CN. The van der Waals surface area contributed by atoms with Crippen molar-refractivity contribution in [2.24, 2.45) is 11.7 Å². The van der Waals surface area contributed by atoms with Gasteiger partial charge in [-0.3, -0.25) is 0 Å². The molecule has 0 heterocycles. The average molecular weight is 244 g/mol. The van der Waals surface area contributed by atoms with Gasteiger partial charge in [0.05, 0.1) is 0 Å². The lowest BCUT2D eigenvalue weighted by Crippen LogP contribution is -2.43. The van der Waals surface area contributed by atoms with E-state index in [4.69, 9.17) is 5.73 Å². The van der Waals surface area contributed by atoms with Crippen molar-refractivity contribution in [3.05, 3.63) is 0 Å². The minimum Gasteiger partial charge on any atom is -0.330 e. The summed E-state index contributed by atoms with van der Waals surface area (Å²) in [6.07, 6.45) is 6.81. The lowest BCUT2D eigenvalue weighted by molar-refractivity contribution is 0.134. The summed E-state index contributed by atoms with van der Waals surface area (Å²) in [5, 5.41) is 0. The Balaban J connectivity index is 2.24. The molecule has 1 aliphatic carbocycles. The Morgan fingerprint density at radius 3 is 2.75 bits per heavy atom. The van der Waals surface area contributed by atoms with Crippen molar-refractivity contribution in [1.29, 1.82) is 0 Å². The van der Waals surface area contributed by atoms with Crippen LogP contribution in [0.4, 0.5) is 0 Å². The molecule has 2 N–H and O–H groups in total. The van der Waals surface area contributed by atoms with Crippen molar-refractivity contribution >= 4 is 11.8 Å². The van der Waals surface area contributed by atoms with Crippen molar-refractivity contribution in [1.82, 2.24) is 4.90 Å². The van der Waals surface area contributed by atoms with E-state index >= 15 is 0 Å². The van der Waals surface area contributed by atoms with Gasteiger partial charge in [0, 0.05) is 6.04 Å². The van der Waals surface area contributed by atoms with E-state index in [1.807, 2.05) is 0 Å². The van der Waals surface area contributed by atoms with E-state index in [-0.39, 0.29) is 0 Å². The quantitative estimate of drug-likeness (QED) is 0.698. The van der Waals surface area contributed by atoms with Gasteiger partial charge in [-0.2, -0.15) is 11.8 Å². The lowest BCUT2D eigenvalue weighted by Gasteiger charge is -2.37. The fourth-order valence-electron chi connectivity index (χ4n) is 2.77. The fraction of sp³-hybridized carbons (Fsp3) is 1.00. The molecular formula is C13H28N2S. The number of rotatable bonds is 7. The molecule has 2 nitrogen and oxygen atoms in total. The molecule has 0 radical (unpaired) electrons. The molecule has 0 aromatic carbocycles. The summed E-state index contributed by atoms with van der Waals surface area (Å²) >= 11 is 2.05. The van der Waals surface area contributed by atoms with Gasteiger partial charge < -0.3 is 10.6 Å². The van der Waals surface area contributed by atoms with Gasteiger partial charge >= 0.3 is 0 Å². The monoisotopic (exact) mass is 244 g/mol. The van der Waals surface area contributed by atoms with Crippen LogP contribution in [0.3, 0.4) is 0 Å². The fourth-order valence-corrected chi connectivity index (χ4v) is 3.39. The molecule has 0 spiro atoms. The summed E-state index contributed by atoms with van der Waals surface area (Å²) in [6, 6.07) is 0.755. The van der Waals surface area contributed by atoms with Gasteiger partial charge in [-0.05, 0) is 56.8 Å². The van der Waals surface area contributed by atoms with Crippen molar-refractivity contribution in [2.45, 2.75) is 45.1 Å². The third-order valence-corrected chi connectivity index (χ3v) is 4.73.